The molecule has 4 heteroatoms. The van der Waals surface area contributed by atoms with Crippen molar-refractivity contribution in [2.24, 2.45) is 11.7 Å². The van der Waals surface area contributed by atoms with Crippen LogP contribution in [0.3, 0.4) is 0 Å². The summed E-state index contributed by atoms with van der Waals surface area (Å²) in [5.41, 5.74) is 13.5. The average molecular weight is 339 g/mol. The summed E-state index contributed by atoms with van der Waals surface area (Å²) in [7, 11) is 0. The molecule has 4 rings (SSSR count). The lowest BCUT2D eigenvalue weighted by atomic mass is 9.60. The summed E-state index contributed by atoms with van der Waals surface area (Å²) in [6.07, 6.45) is 2.43. The minimum absolute atomic E-state index is 0.271. The lowest BCUT2D eigenvalue weighted by Gasteiger charge is -2.44. The minimum Gasteiger partial charge on any atom is -0.422 e. The van der Waals surface area contributed by atoms with Crippen LogP contribution in [-0.4, -0.2) is 19.8 Å². The monoisotopic (exact) mass is 339 g/mol. The summed E-state index contributed by atoms with van der Waals surface area (Å²) >= 11 is 0. The summed E-state index contributed by atoms with van der Waals surface area (Å²) in [5.74, 6) is 1.14. The molecule has 2 atom stereocenters. The van der Waals surface area contributed by atoms with Gasteiger partial charge in [0.25, 0.3) is 0 Å². The molecule has 1 fully saturated rings. The molecule has 1 saturated carbocycles. The number of hydrogen-bond donors (Lipinski definition) is 1. The molecule has 1 aromatic heterocycles. The maximum Gasteiger partial charge on any atom is 0.336 e. The maximum absolute atomic E-state index is 11.9. The van der Waals surface area contributed by atoms with Crippen molar-refractivity contribution in [1.29, 1.82) is 0 Å². The summed E-state index contributed by atoms with van der Waals surface area (Å²) in [6.45, 7) is 8.02. The van der Waals surface area contributed by atoms with Gasteiger partial charge in [-0.2, -0.15) is 0 Å². The molecule has 0 saturated heterocycles. The Labute approximate surface area is 147 Å². The first-order valence-electron chi connectivity index (χ1n) is 9.08. The highest BCUT2D eigenvalue weighted by molar-refractivity contribution is 5.91. The summed E-state index contributed by atoms with van der Waals surface area (Å²) in [5, 5.41) is 1.03. The number of fused-ring (bicyclic) bond motifs is 4. The van der Waals surface area contributed by atoms with E-state index >= 15 is 0 Å². The molecular formula is C21H25NO3. The van der Waals surface area contributed by atoms with Crippen molar-refractivity contribution in [3.8, 4) is 0 Å². The fourth-order valence-corrected chi connectivity index (χ4v) is 4.60. The van der Waals surface area contributed by atoms with Gasteiger partial charge in [-0.3, -0.25) is 0 Å². The van der Waals surface area contributed by atoms with Crippen LogP contribution in [0.25, 0.3) is 16.5 Å². The van der Waals surface area contributed by atoms with Crippen LogP contribution in [0.4, 0.5) is 0 Å². The van der Waals surface area contributed by atoms with Crippen molar-refractivity contribution in [2.75, 3.05) is 19.8 Å². The van der Waals surface area contributed by atoms with Crippen LogP contribution < -0.4 is 11.4 Å². The van der Waals surface area contributed by atoms with Crippen molar-refractivity contribution in [2.45, 2.75) is 39.5 Å². The highest BCUT2D eigenvalue weighted by Gasteiger charge is 2.41. The highest BCUT2D eigenvalue weighted by Crippen LogP contribution is 2.55. The first-order chi connectivity index (χ1) is 12.0. The molecule has 0 bridgehead atoms. The van der Waals surface area contributed by atoms with Crippen molar-refractivity contribution < 1.29 is 9.15 Å². The number of allylic oxidation sites excluding steroid dienone is 1. The van der Waals surface area contributed by atoms with Crippen molar-refractivity contribution in [3.63, 3.8) is 0 Å². The molecule has 0 radical (unpaired) electrons. The zero-order valence-electron chi connectivity index (χ0n) is 15.1. The Kier molecular flexibility index (Phi) is 4.05. The third kappa shape index (κ3) is 2.47. The lowest BCUT2D eigenvalue weighted by molar-refractivity contribution is 0.173. The molecule has 0 spiro atoms. The van der Waals surface area contributed by atoms with E-state index in [0.717, 1.165) is 22.1 Å². The van der Waals surface area contributed by atoms with Crippen LogP contribution >= 0.6 is 0 Å². The maximum atomic E-state index is 11.9. The predicted octanol–water partition coefficient (Wildman–Crippen LogP) is 3.67. The van der Waals surface area contributed by atoms with Crippen molar-refractivity contribution in [1.82, 2.24) is 0 Å². The summed E-state index contributed by atoms with van der Waals surface area (Å²) in [6, 6.07) is 3.78. The SMILES string of the molecule is CC1=C(COCCN)c2cc3c(C)cc(=O)oc3c(C)c2C2CCC12. The van der Waals surface area contributed by atoms with Gasteiger partial charge in [-0.05, 0) is 79.3 Å². The van der Waals surface area contributed by atoms with E-state index in [9.17, 15) is 4.79 Å². The number of benzene rings is 1. The molecule has 25 heavy (non-hydrogen) atoms. The van der Waals surface area contributed by atoms with Crippen molar-refractivity contribution in [3.05, 3.63) is 50.4 Å². The molecule has 132 valence electrons. The first kappa shape index (κ1) is 16.6. The van der Waals surface area contributed by atoms with Gasteiger partial charge >= 0.3 is 5.63 Å². The van der Waals surface area contributed by atoms with Crippen LogP contribution in [0.15, 0.2) is 26.9 Å². The molecule has 1 aromatic carbocycles. The van der Waals surface area contributed by atoms with E-state index in [1.54, 1.807) is 6.07 Å². The Morgan fingerprint density at radius 2 is 1.96 bits per heavy atom. The van der Waals surface area contributed by atoms with Crippen LogP contribution in [0.5, 0.6) is 0 Å². The lowest BCUT2D eigenvalue weighted by Crippen LogP contribution is -2.31. The fourth-order valence-electron chi connectivity index (χ4n) is 4.60. The molecule has 2 aliphatic rings. The van der Waals surface area contributed by atoms with E-state index in [0.29, 0.717) is 31.6 Å². The van der Waals surface area contributed by atoms with Crippen LogP contribution in [-0.2, 0) is 4.74 Å². The number of ether oxygens (including phenoxy) is 1. The average Bonchev–Trinajstić information content (AvgIpc) is 2.53. The second-order valence-corrected chi connectivity index (χ2v) is 7.38. The number of nitrogens with two attached hydrogens (primary N) is 1. The predicted molar refractivity (Wildman–Crippen MR) is 99.9 cm³/mol. The highest BCUT2D eigenvalue weighted by atomic mass is 16.5. The van der Waals surface area contributed by atoms with Gasteiger partial charge in [0.05, 0.1) is 13.2 Å². The van der Waals surface area contributed by atoms with E-state index < -0.39 is 0 Å². The normalized spacial score (nSPS) is 21.9. The number of rotatable bonds is 4. The third-order valence-electron chi connectivity index (χ3n) is 6.04. The van der Waals surface area contributed by atoms with Gasteiger partial charge < -0.3 is 14.9 Å². The smallest absolute Gasteiger partial charge is 0.336 e. The molecule has 2 aromatic rings. The van der Waals surface area contributed by atoms with Gasteiger partial charge in [0, 0.05) is 18.0 Å². The van der Waals surface area contributed by atoms with E-state index in [1.165, 1.54) is 35.1 Å². The molecule has 0 aliphatic heterocycles. The molecule has 1 heterocycles. The Hall–Kier alpha value is -1.91. The van der Waals surface area contributed by atoms with Gasteiger partial charge in [0.2, 0.25) is 0 Å². The summed E-state index contributed by atoms with van der Waals surface area (Å²) < 4.78 is 11.4. The molecule has 2 N–H and O–H groups in total. The van der Waals surface area contributed by atoms with Gasteiger partial charge in [0.15, 0.2) is 0 Å². The Bertz CT molecular complexity index is 938. The van der Waals surface area contributed by atoms with Crippen molar-refractivity contribution >= 4 is 16.5 Å². The van der Waals surface area contributed by atoms with E-state index in [-0.39, 0.29) is 5.63 Å². The van der Waals surface area contributed by atoms with E-state index in [1.807, 2.05) is 6.92 Å². The van der Waals surface area contributed by atoms with Gasteiger partial charge in [-0.25, -0.2) is 4.79 Å². The minimum atomic E-state index is -0.271. The van der Waals surface area contributed by atoms with Crippen LogP contribution in [0.2, 0.25) is 0 Å². The molecule has 4 nitrogen and oxygen atoms in total. The number of hydrogen-bond acceptors (Lipinski definition) is 4. The van der Waals surface area contributed by atoms with Crippen LogP contribution in [0.1, 0.15) is 47.9 Å². The van der Waals surface area contributed by atoms with Crippen LogP contribution in [0, 0.1) is 19.8 Å². The molecule has 0 amide bonds. The summed E-state index contributed by atoms with van der Waals surface area (Å²) in [4.78, 5) is 11.9. The second-order valence-electron chi connectivity index (χ2n) is 7.38. The Balaban J connectivity index is 1.95. The van der Waals surface area contributed by atoms with E-state index in [4.69, 9.17) is 14.9 Å². The zero-order valence-corrected chi connectivity index (χ0v) is 15.1. The largest absolute Gasteiger partial charge is 0.422 e. The van der Waals surface area contributed by atoms with Gasteiger partial charge in [0.1, 0.15) is 5.58 Å². The van der Waals surface area contributed by atoms with Gasteiger partial charge in [-0.15, -0.1) is 0 Å². The van der Waals surface area contributed by atoms with Gasteiger partial charge in [-0.1, -0.05) is 5.57 Å². The standard InChI is InChI=1S/C21H25NO3/c1-11-8-19(23)25-21-13(3)20-15-5-4-14(15)12(2)18(10-24-7-6-22)17(20)9-16(11)21/h8-9,14-15H,4-7,10,22H2,1-3H3. The molecule has 2 aliphatic carbocycles. The number of aryl methyl sites for hydroxylation is 2. The molecule has 2 unspecified atom stereocenters. The molecular weight excluding hydrogens is 314 g/mol. The quantitative estimate of drug-likeness (QED) is 0.682. The fraction of sp³-hybridized carbons (Fsp3) is 0.476. The Morgan fingerprint density at radius 1 is 1.20 bits per heavy atom. The third-order valence-corrected chi connectivity index (χ3v) is 6.04. The topological polar surface area (TPSA) is 65.5 Å². The second kappa shape index (κ2) is 6.11. The van der Waals surface area contributed by atoms with E-state index in [2.05, 4.69) is 19.9 Å². The zero-order chi connectivity index (χ0) is 17.7. The first-order valence-corrected chi connectivity index (χ1v) is 9.08. The Morgan fingerprint density at radius 3 is 2.64 bits per heavy atom.